The summed E-state index contributed by atoms with van der Waals surface area (Å²) >= 11 is 1.52. The molecule has 3 aromatic rings. The third-order valence-electron chi connectivity index (χ3n) is 3.41. The monoisotopic (exact) mass is 273 g/mol. The predicted molar refractivity (Wildman–Crippen MR) is 75.7 cm³/mol. The molecule has 0 bridgehead atoms. The summed E-state index contributed by atoms with van der Waals surface area (Å²) in [5.74, 6) is 0.662. The van der Waals surface area contributed by atoms with Crippen molar-refractivity contribution in [2.24, 2.45) is 0 Å². The number of hydrogen-bond donors (Lipinski definition) is 1. The van der Waals surface area contributed by atoms with Crippen molar-refractivity contribution >= 4 is 27.4 Å². The summed E-state index contributed by atoms with van der Waals surface area (Å²) < 4.78 is 15.6. The summed E-state index contributed by atoms with van der Waals surface area (Å²) in [6.07, 6.45) is 2.33. The number of benzene rings is 1. The van der Waals surface area contributed by atoms with E-state index in [0.29, 0.717) is 11.6 Å². The van der Waals surface area contributed by atoms with Crippen molar-refractivity contribution in [1.29, 1.82) is 0 Å². The van der Waals surface area contributed by atoms with Crippen molar-refractivity contribution in [3.63, 3.8) is 0 Å². The Morgan fingerprint density at radius 1 is 1.26 bits per heavy atom. The second kappa shape index (κ2) is 3.81. The average Bonchev–Trinajstić information content (AvgIpc) is 3.02. The maximum Gasteiger partial charge on any atom is 0.151 e. The topological polar surface area (TPSA) is 43.8 Å². The molecule has 0 atom stereocenters. The van der Waals surface area contributed by atoms with Crippen LogP contribution in [0.15, 0.2) is 30.3 Å². The Morgan fingerprint density at radius 3 is 2.79 bits per heavy atom. The van der Waals surface area contributed by atoms with Crippen LogP contribution in [0.25, 0.3) is 21.7 Å². The molecule has 0 spiro atoms. The average molecular weight is 273 g/mol. The zero-order chi connectivity index (χ0) is 13.0. The van der Waals surface area contributed by atoms with Gasteiger partial charge in [-0.2, -0.15) is 0 Å². The Morgan fingerprint density at radius 2 is 2.11 bits per heavy atom. The second-order valence-corrected chi connectivity index (χ2v) is 5.99. The van der Waals surface area contributed by atoms with E-state index in [1.807, 2.05) is 18.2 Å². The maximum absolute atomic E-state index is 13.3. The van der Waals surface area contributed by atoms with Crippen LogP contribution in [-0.2, 0) is 0 Å². The molecule has 19 heavy (non-hydrogen) atoms. The van der Waals surface area contributed by atoms with Crippen LogP contribution in [0.3, 0.4) is 0 Å². The molecular formula is C14H12FN3S. The van der Waals surface area contributed by atoms with E-state index in [4.69, 9.17) is 5.73 Å². The highest BCUT2D eigenvalue weighted by atomic mass is 32.1. The second-order valence-electron chi connectivity index (χ2n) is 4.87. The molecular weight excluding hydrogens is 261 g/mol. The van der Waals surface area contributed by atoms with Crippen LogP contribution in [0, 0.1) is 5.82 Å². The van der Waals surface area contributed by atoms with Gasteiger partial charge in [-0.25, -0.2) is 9.37 Å². The van der Waals surface area contributed by atoms with E-state index in [9.17, 15) is 4.39 Å². The van der Waals surface area contributed by atoms with E-state index < -0.39 is 0 Å². The molecule has 2 heterocycles. The van der Waals surface area contributed by atoms with Gasteiger partial charge in [-0.15, -0.1) is 11.3 Å². The Hall–Kier alpha value is -1.88. The van der Waals surface area contributed by atoms with Gasteiger partial charge in [0, 0.05) is 12.1 Å². The first-order valence-corrected chi connectivity index (χ1v) is 7.07. The van der Waals surface area contributed by atoms with Gasteiger partial charge in [0.15, 0.2) is 5.82 Å². The number of imidazole rings is 1. The molecule has 96 valence electrons. The molecule has 1 aromatic carbocycles. The summed E-state index contributed by atoms with van der Waals surface area (Å²) in [6.45, 7) is 0. The summed E-state index contributed by atoms with van der Waals surface area (Å²) in [7, 11) is 0. The number of nitrogens with two attached hydrogens (primary N) is 1. The fourth-order valence-electron chi connectivity index (χ4n) is 2.42. The van der Waals surface area contributed by atoms with Crippen LogP contribution in [0.4, 0.5) is 9.39 Å². The molecule has 0 amide bonds. The number of halogens is 1. The number of rotatable bonds is 2. The molecule has 2 aromatic heterocycles. The first kappa shape index (κ1) is 11.0. The lowest BCUT2D eigenvalue weighted by molar-refractivity contribution is 0.629. The molecule has 1 aliphatic carbocycles. The highest BCUT2D eigenvalue weighted by Gasteiger charge is 2.29. The third kappa shape index (κ3) is 1.73. The van der Waals surface area contributed by atoms with E-state index >= 15 is 0 Å². The van der Waals surface area contributed by atoms with Crippen LogP contribution in [-0.4, -0.2) is 9.55 Å². The molecule has 0 saturated heterocycles. The normalized spacial score (nSPS) is 15.2. The summed E-state index contributed by atoms with van der Waals surface area (Å²) in [5.41, 5.74) is 7.52. The first-order chi connectivity index (χ1) is 9.22. The molecule has 2 N–H and O–H groups in total. The Bertz CT molecular complexity index is 770. The zero-order valence-electron chi connectivity index (χ0n) is 10.1. The van der Waals surface area contributed by atoms with E-state index in [2.05, 4.69) is 9.55 Å². The van der Waals surface area contributed by atoms with Gasteiger partial charge in [0.05, 0.1) is 20.9 Å². The van der Waals surface area contributed by atoms with Crippen LogP contribution < -0.4 is 5.73 Å². The Balaban J connectivity index is 2.01. The van der Waals surface area contributed by atoms with Gasteiger partial charge in [-0.3, -0.25) is 0 Å². The van der Waals surface area contributed by atoms with Crippen molar-refractivity contribution < 1.29 is 4.39 Å². The minimum Gasteiger partial charge on any atom is -0.391 e. The quantitative estimate of drug-likeness (QED) is 0.771. The number of nitrogens with zero attached hydrogens (tertiary/aromatic N) is 2. The van der Waals surface area contributed by atoms with Crippen LogP contribution in [0.5, 0.6) is 0 Å². The summed E-state index contributed by atoms with van der Waals surface area (Å²) in [5, 5.41) is 0.774. The minimum atomic E-state index is -0.245. The van der Waals surface area contributed by atoms with Crippen molar-refractivity contribution in [2.45, 2.75) is 18.9 Å². The summed E-state index contributed by atoms with van der Waals surface area (Å²) in [6, 6.07) is 9.17. The van der Waals surface area contributed by atoms with Gasteiger partial charge in [-0.1, -0.05) is 0 Å². The number of thiophene rings is 1. The fraction of sp³-hybridized carbons (Fsp3) is 0.214. The molecule has 0 unspecified atom stereocenters. The minimum absolute atomic E-state index is 0.245. The number of nitrogen functional groups attached to an aromatic ring is 1. The molecule has 0 aliphatic heterocycles. The van der Waals surface area contributed by atoms with Crippen molar-refractivity contribution in [3.05, 3.63) is 36.1 Å². The van der Waals surface area contributed by atoms with Crippen molar-refractivity contribution in [2.75, 3.05) is 5.73 Å². The highest BCUT2D eigenvalue weighted by molar-refractivity contribution is 7.19. The maximum atomic E-state index is 13.3. The fourth-order valence-corrected chi connectivity index (χ4v) is 3.18. The molecule has 1 fully saturated rings. The van der Waals surface area contributed by atoms with Crippen LogP contribution >= 0.6 is 11.3 Å². The molecule has 5 heteroatoms. The van der Waals surface area contributed by atoms with Gasteiger partial charge < -0.3 is 10.3 Å². The predicted octanol–water partition coefficient (Wildman–Crippen LogP) is 3.82. The summed E-state index contributed by atoms with van der Waals surface area (Å²) in [4.78, 5) is 5.64. The highest BCUT2D eigenvalue weighted by Crippen LogP contribution is 2.42. The van der Waals surface area contributed by atoms with E-state index in [1.54, 1.807) is 0 Å². The smallest absolute Gasteiger partial charge is 0.151 e. The van der Waals surface area contributed by atoms with E-state index in [1.165, 1.54) is 23.5 Å². The lowest BCUT2D eigenvalue weighted by atomic mass is 10.3. The zero-order valence-corrected chi connectivity index (χ0v) is 11.0. The van der Waals surface area contributed by atoms with Crippen molar-refractivity contribution in [3.8, 4) is 10.7 Å². The lowest BCUT2D eigenvalue weighted by Gasteiger charge is -2.05. The third-order valence-corrected chi connectivity index (χ3v) is 4.32. The van der Waals surface area contributed by atoms with Gasteiger partial charge in [0.1, 0.15) is 5.82 Å². The largest absolute Gasteiger partial charge is 0.391 e. The number of fused-ring (bicyclic) bond motifs is 1. The molecule has 1 aliphatic rings. The first-order valence-electron chi connectivity index (χ1n) is 6.25. The van der Waals surface area contributed by atoms with Gasteiger partial charge in [0.25, 0.3) is 0 Å². The van der Waals surface area contributed by atoms with Gasteiger partial charge >= 0.3 is 0 Å². The van der Waals surface area contributed by atoms with Gasteiger partial charge in [-0.05, 0) is 37.1 Å². The van der Waals surface area contributed by atoms with E-state index in [0.717, 1.165) is 34.1 Å². The number of aromatic nitrogens is 2. The number of hydrogen-bond acceptors (Lipinski definition) is 3. The van der Waals surface area contributed by atoms with Gasteiger partial charge in [0.2, 0.25) is 0 Å². The molecule has 1 saturated carbocycles. The lowest BCUT2D eigenvalue weighted by Crippen LogP contribution is -1.95. The van der Waals surface area contributed by atoms with Crippen LogP contribution in [0.2, 0.25) is 0 Å². The van der Waals surface area contributed by atoms with Crippen molar-refractivity contribution in [1.82, 2.24) is 9.55 Å². The Kier molecular flexibility index (Phi) is 2.20. The molecule has 4 rings (SSSR count). The molecule has 0 radical (unpaired) electrons. The number of anilines is 1. The van der Waals surface area contributed by atoms with Crippen LogP contribution in [0.1, 0.15) is 18.9 Å². The van der Waals surface area contributed by atoms with E-state index in [-0.39, 0.29) is 5.82 Å². The SMILES string of the molecule is Nc1ccc(-c2nc3cc(F)ccc3n2C2CC2)s1. The Labute approximate surface area is 113 Å². The molecule has 3 nitrogen and oxygen atoms in total. The standard InChI is InChI=1S/C14H12FN3S/c15-8-1-4-11-10(7-8)17-14(18(11)9-2-3-9)12-5-6-13(16)19-12/h1,4-7,9H,2-3,16H2.